The summed E-state index contributed by atoms with van der Waals surface area (Å²) >= 11 is 6.31. The van der Waals surface area contributed by atoms with Crippen LogP contribution in [0, 0.1) is 13.8 Å². The average molecular weight is 404 g/mol. The number of halogens is 1. The highest BCUT2D eigenvalue weighted by Crippen LogP contribution is 2.21. The van der Waals surface area contributed by atoms with Gasteiger partial charge in [0.15, 0.2) is 5.78 Å². The first-order chi connectivity index (χ1) is 13.2. The van der Waals surface area contributed by atoms with E-state index >= 15 is 0 Å². The zero-order chi connectivity index (χ0) is 20.7. The molecular formula is C23H30ClNO3. The van der Waals surface area contributed by atoms with E-state index in [0.29, 0.717) is 17.0 Å². The Labute approximate surface area is 172 Å². The molecule has 5 heteroatoms. The fourth-order valence-corrected chi connectivity index (χ4v) is 3.18. The number of hydrogen-bond donors (Lipinski definition) is 2. The Morgan fingerprint density at radius 3 is 2.64 bits per heavy atom. The Hall–Kier alpha value is -1.72. The predicted molar refractivity (Wildman–Crippen MR) is 114 cm³/mol. The lowest BCUT2D eigenvalue weighted by Crippen LogP contribution is -2.44. The van der Waals surface area contributed by atoms with Crippen LogP contribution in [0.2, 0.25) is 5.02 Å². The Kier molecular flexibility index (Phi) is 8.20. The van der Waals surface area contributed by atoms with Crippen molar-refractivity contribution < 1.29 is 14.6 Å². The zero-order valence-electron chi connectivity index (χ0n) is 16.9. The molecule has 0 aromatic heterocycles. The van der Waals surface area contributed by atoms with Crippen molar-refractivity contribution in [2.45, 2.75) is 52.2 Å². The highest BCUT2D eigenvalue weighted by atomic mass is 35.5. The monoisotopic (exact) mass is 403 g/mol. The topological polar surface area (TPSA) is 72.5 Å². The number of benzene rings is 2. The molecule has 0 radical (unpaired) electrons. The van der Waals surface area contributed by atoms with Gasteiger partial charge in [0.25, 0.3) is 0 Å². The smallest absolute Gasteiger partial charge is 0.162 e. The first-order valence-electron chi connectivity index (χ1n) is 9.58. The van der Waals surface area contributed by atoms with E-state index in [2.05, 4.69) is 32.0 Å². The third-order valence-electron chi connectivity index (χ3n) is 4.99. The SMILES string of the molecule is Cc1cccc(CCCC(=O)c2ccc(COCC(C)(N)CO)c(Cl)c2)c1C. The van der Waals surface area contributed by atoms with Crippen molar-refractivity contribution in [1.29, 1.82) is 0 Å². The van der Waals surface area contributed by atoms with Gasteiger partial charge in [0.1, 0.15) is 0 Å². The van der Waals surface area contributed by atoms with Crippen molar-refractivity contribution in [3.63, 3.8) is 0 Å². The quantitative estimate of drug-likeness (QED) is 0.577. The second-order valence-electron chi connectivity index (χ2n) is 7.75. The fraction of sp³-hybridized carbons (Fsp3) is 0.435. The molecule has 0 bridgehead atoms. The predicted octanol–water partition coefficient (Wildman–Crippen LogP) is 4.39. The molecule has 2 rings (SSSR count). The van der Waals surface area contributed by atoms with E-state index in [9.17, 15) is 4.79 Å². The number of aliphatic hydroxyl groups excluding tert-OH is 1. The van der Waals surface area contributed by atoms with Crippen molar-refractivity contribution in [2.75, 3.05) is 13.2 Å². The summed E-state index contributed by atoms with van der Waals surface area (Å²) in [5.74, 6) is 0.0921. The van der Waals surface area contributed by atoms with E-state index in [1.54, 1.807) is 19.1 Å². The number of Topliss-reactive ketones (excluding diaryl/α,β-unsaturated/α-hetero) is 1. The maximum Gasteiger partial charge on any atom is 0.162 e. The third kappa shape index (κ3) is 6.42. The molecular weight excluding hydrogens is 374 g/mol. The van der Waals surface area contributed by atoms with Crippen LogP contribution in [0.5, 0.6) is 0 Å². The first kappa shape index (κ1) is 22.6. The Morgan fingerprint density at radius 2 is 1.96 bits per heavy atom. The van der Waals surface area contributed by atoms with E-state index < -0.39 is 5.54 Å². The molecule has 0 heterocycles. The molecule has 1 unspecified atom stereocenters. The van der Waals surface area contributed by atoms with Gasteiger partial charge in [-0.05, 0) is 61.9 Å². The lowest BCUT2D eigenvalue weighted by atomic mass is 9.97. The van der Waals surface area contributed by atoms with E-state index in [0.717, 1.165) is 18.4 Å². The molecule has 2 aromatic carbocycles. The minimum atomic E-state index is -0.780. The molecule has 28 heavy (non-hydrogen) atoms. The van der Waals surface area contributed by atoms with Crippen LogP contribution in [-0.2, 0) is 17.8 Å². The summed E-state index contributed by atoms with van der Waals surface area (Å²) in [4.78, 5) is 12.5. The zero-order valence-corrected chi connectivity index (χ0v) is 17.7. The van der Waals surface area contributed by atoms with Crippen LogP contribution in [0.1, 0.15) is 52.4 Å². The summed E-state index contributed by atoms with van der Waals surface area (Å²) in [5.41, 5.74) is 10.4. The standard InChI is InChI=1S/C23H30ClNO3/c1-16-6-4-7-18(17(16)2)8-5-9-22(27)19-10-11-20(21(24)12-19)13-28-15-23(3,25)14-26/h4,6-7,10-12,26H,5,8-9,13-15,25H2,1-3H3. The molecule has 0 fully saturated rings. The number of ether oxygens (including phenoxy) is 1. The van der Waals surface area contributed by atoms with E-state index in [-0.39, 0.29) is 25.6 Å². The van der Waals surface area contributed by atoms with Gasteiger partial charge in [0, 0.05) is 17.0 Å². The number of ketones is 1. The van der Waals surface area contributed by atoms with E-state index in [4.69, 9.17) is 27.2 Å². The Morgan fingerprint density at radius 1 is 1.21 bits per heavy atom. The highest BCUT2D eigenvalue weighted by Gasteiger charge is 2.17. The maximum atomic E-state index is 12.5. The molecule has 2 aromatic rings. The third-order valence-corrected chi connectivity index (χ3v) is 5.34. The van der Waals surface area contributed by atoms with Gasteiger partial charge in [0.2, 0.25) is 0 Å². The van der Waals surface area contributed by atoms with Crippen LogP contribution in [0.15, 0.2) is 36.4 Å². The number of carbonyl (C=O) groups is 1. The minimum Gasteiger partial charge on any atom is -0.394 e. The molecule has 1 atom stereocenters. The Balaban J connectivity index is 1.88. The number of nitrogens with two attached hydrogens (primary N) is 1. The number of aliphatic hydroxyl groups is 1. The van der Waals surface area contributed by atoms with Gasteiger partial charge >= 0.3 is 0 Å². The average Bonchev–Trinajstić information content (AvgIpc) is 2.66. The summed E-state index contributed by atoms with van der Waals surface area (Å²) in [6.07, 6.45) is 2.19. The largest absolute Gasteiger partial charge is 0.394 e. The number of aryl methyl sites for hydroxylation is 2. The van der Waals surface area contributed by atoms with Crippen LogP contribution in [0.4, 0.5) is 0 Å². The molecule has 0 saturated carbocycles. The van der Waals surface area contributed by atoms with Gasteiger partial charge in [-0.25, -0.2) is 0 Å². The molecule has 0 amide bonds. The number of rotatable bonds is 10. The summed E-state index contributed by atoms with van der Waals surface area (Å²) in [7, 11) is 0. The Bertz CT molecular complexity index is 817. The van der Waals surface area contributed by atoms with Gasteiger partial charge in [-0.2, -0.15) is 0 Å². The normalized spacial score (nSPS) is 13.4. The highest BCUT2D eigenvalue weighted by molar-refractivity contribution is 6.31. The second-order valence-corrected chi connectivity index (χ2v) is 8.15. The molecule has 0 saturated heterocycles. The van der Waals surface area contributed by atoms with Crippen molar-refractivity contribution in [3.8, 4) is 0 Å². The number of carbonyl (C=O) groups excluding carboxylic acids is 1. The second kappa shape index (κ2) is 10.2. The van der Waals surface area contributed by atoms with Crippen LogP contribution in [-0.4, -0.2) is 29.6 Å². The number of hydrogen-bond acceptors (Lipinski definition) is 4. The lowest BCUT2D eigenvalue weighted by Gasteiger charge is -2.21. The van der Waals surface area contributed by atoms with Gasteiger partial charge in [-0.3, -0.25) is 4.79 Å². The summed E-state index contributed by atoms with van der Waals surface area (Å²) in [6.45, 7) is 6.30. The van der Waals surface area contributed by atoms with E-state index in [1.165, 1.54) is 16.7 Å². The molecule has 3 N–H and O–H groups in total. The molecule has 0 aliphatic rings. The van der Waals surface area contributed by atoms with Crippen LogP contribution in [0.3, 0.4) is 0 Å². The van der Waals surface area contributed by atoms with Crippen molar-refractivity contribution in [2.24, 2.45) is 5.73 Å². The van der Waals surface area contributed by atoms with E-state index in [1.807, 2.05) is 6.07 Å². The van der Waals surface area contributed by atoms with Crippen molar-refractivity contribution in [1.82, 2.24) is 0 Å². The fourth-order valence-electron chi connectivity index (χ4n) is 2.94. The van der Waals surface area contributed by atoms with Crippen LogP contribution in [0.25, 0.3) is 0 Å². The summed E-state index contributed by atoms with van der Waals surface area (Å²) < 4.78 is 5.54. The van der Waals surface area contributed by atoms with Crippen LogP contribution >= 0.6 is 11.6 Å². The van der Waals surface area contributed by atoms with Gasteiger partial charge < -0.3 is 15.6 Å². The minimum absolute atomic E-state index is 0.0921. The van der Waals surface area contributed by atoms with Gasteiger partial charge in [0.05, 0.1) is 25.4 Å². The lowest BCUT2D eigenvalue weighted by molar-refractivity contribution is 0.0535. The van der Waals surface area contributed by atoms with Gasteiger partial charge in [-0.1, -0.05) is 41.9 Å². The molecule has 0 spiro atoms. The maximum absolute atomic E-state index is 12.5. The summed E-state index contributed by atoms with van der Waals surface area (Å²) in [6, 6.07) is 11.6. The first-order valence-corrected chi connectivity index (χ1v) is 9.95. The van der Waals surface area contributed by atoms with Crippen molar-refractivity contribution in [3.05, 3.63) is 69.2 Å². The molecule has 152 valence electrons. The van der Waals surface area contributed by atoms with Crippen molar-refractivity contribution >= 4 is 17.4 Å². The van der Waals surface area contributed by atoms with Gasteiger partial charge in [-0.15, -0.1) is 0 Å². The molecule has 0 aliphatic heterocycles. The summed E-state index contributed by atoms with van der Waals surface area (Å²) in [5, 5.41) is 9.65. The van der Waals surface area contributed by atoms with Crippen LogP contribution < -0.4 is 5.73 Å². The molecule has 0 aliphatic carbocycles. The molecule has 4 nitrogen and oxygen atoms in total.